The number of aliphatic hydroxyl groups excluding tert-OH is 1. The minimum absolute atomic E-state index is 0.361. The summed E-state index contributed by atoms with van der Waals surface area (Å²) < 4.78 is 1.33. The largest absolute Gasteiger partial charge is 0.396 e. The smallest absolute Gasteiger partial charge is 0.0787 e. The van der Waals surface area contributed by atoms with Crippen molar-refractivity contribution in [2.45, 2.75) is 97.8 Å². The van der Waals surface area contributed by atoms with Crippen molar-refractivity contribution in [1.82, 2.24) is 0 Å². The number of rotatable bonds is 17. The molecule has 0 heterocycles. The van der Waals surface area contributed by atoms with Crippen LogP contribution in [-0.4, -0.2) is 42.4 Å². The van der Waals surface area contributed by atoms with Gasteiger partial charge in [0, 0.05) is 6.61 Å². The predicted octanol–water partition coefficient (Wildman–Crippen LogP) is 5.54. The van der Waals surface area contributed by atoms with Gasteiger partial charge >= 0.3 is 0 Å². The van der Waals surface area contributed by atoms with Gasteiger partial charge in [-0.3, -0.25) is 0 Å². The minimum Gasteiger partial charge on any atom is -0.396 e. The maximum atomic E-state index is 9.12. The zero-order valence-corrected chi connectivity index (χ0v) is 15.9. The third kappa shape index (κ3) is 11.5. The molecule has 0 unspecified atom stereocenters. The van der Waals surface area contributed by atoms with Gasteiger partial charge in [-0.2, -0.15) is 0 Å². The van der Waals surface area contributed by atoms with Crippen LogP contribution in [0.3, 0.4) is 0 Å². The maximum absolute atomic E-state index is 9.12. The third-order valence-electron chi connectivity index (χ3n) is 5.00. The average Bonchev–Trinajstić information content (AvgIpc) is 2.54. The van der Waals surface area contributed by atoms with Crippen molar-refractivity contribution in [2.75, 3.05) is 32.8 Å². The summed E-state index contributed by atoms with van der Waals surface area (Å²) in [6, 6.07) is 0. The second kappa shape index (κ2) is 15.8. The molecule has 2 nitrogen and oxygen atoms in total. The fourth-order valence-electron chi connectivity index (χ4n) is 3.47. The number of hydrogen-bond donors (Lipinski definition) is 1. The Morgan fingerprint density at radius 1 is 0.500 bits per heavy atom. The number of aliphatic hydroxyl groups is 1. The van der Waals surface area contributed by atoms with Crippen LogP contribution >= 0.6 is 0 Å². The van der Waals surface area contributed by atoms with Crippen LogP contribution in [0.25, 0.3) is 0 Å². The fourth-order valence-corrected chi connectivity index (χ4v) is 3.47. The van der Waals surface area contributed by atoms with Crippen LogP contribution < -0.4 is 0 Å². The van der Waals surface area contributed by atoms with Gasteiger partial charge in [0.05, 0.1) is 26.2 Å². The topological polar surface area (TPSA) is 20.2 Å². The molecule has 2 heteroatoms. The van der Waals surface area contributed by atoms with Crippen molar-refractivity contribution in [3.05, 3.63) is 0 Å². The summed E-state index contributed by atoms with van der Waals surface area (Å²) in [7, 11) is 0. The molecule has 134 valence electrons. The maximum Gasteiger partial charge on any atom is 0.0787 e. The Kier molecular flexibility index (Phi) is 15.7. The molecule has 1 N–H and O–H groups in total. The van der Waals surface area contributed by atoms with Crippen molar-refractivity contribution in [3.8, 4) is 0 Å². The molecular formula is C20H44NO+. The molecule has 0 aromatic carbocycles. The van der Waals surface area contributed by atoms with E-state index in [1.165, 1.54) is 101 Å². The first-order valence-electron chi connectivity index (χ1n) is 10.2. The zero-order valence-electron chi connectivity index (χ0n) is 15.9. The average molecular weight is 315 g/mol. The Morgan fingerprint density at radius 2 is 0.909 bits per heavy atom. The van der Waals surface area contributed by atoms with Crippen molar-refractivity contribution in [3.63, 3.8) is 0 Å². The second-order valence-corrected chi connectivity index (χ2v) is 7.14. The summed E-state index contributed by atoms with van der Waals surface area (Å²) in [5.74, 6) is 0. The first kappa shape index (κ1) is 21.9. The number of nitrogens with zero attached hydrogens (tertiary/aromatic N) is 1. The normalized spacial score (nSPS) is 12.0. The van der Waals surface area contributed by atoms with Crippen molar-refractivity contribution in [2.24, 2.45) is 0 Å². The molecular weight excluding hydrogens is 270 g/mol. The number of quaternary nitrogens is 1. The molecule has 0 aromatic heterocycles. The molecule has 0 bridgehead atoms. The van der Waals surface area contributed by atoms with Crippen LogP contribution in [0.15, 0.2) is 0 Å². The van der Waals surface area contributed by atoms with E-state index in [0.29, 0.717) is 6.61 Å². The Hall–Kier alpha value is -0.0800. The Labute approximate surface area is 140 Å². The van der Waals surface area contributed by atoms with Crippen LogP contribution in [0.4, 0.5) is 0 Å². The van der Waals surface area contributed by atoms with Gasteiger partial charge in [0.1, 0.15) is 0 Å². The van der Waals surface area contributed by atoms with E-state index in [9.17, 15) is 0 Å². The van der Waals surface area contributed by atoms with E-state index in [0.717, 1.165) is 6.42 Å². The van der Waals surface area contributed by atoms with Gasteiger partial charge < -0.3 is 9.59 Å². The quantitative estimate of drug-likeness (QED) is 0.276. The third-order valence-corrected chi connectivity index (χ3v) is 5.00. The van der Waals surface area contributed by atoms with Crippen molar-refractivity contribution in [1.29, 1.82) is 0 Å². The highest BCUT2D eigenvalue weighted by atomic mass is 16.2. The first-order chi connectivity index (χ1) is 10.7. The zero-order chi connectivity index (χ0) is 16.5. The summed E-state index contributed by atoms with van der Waals surface area (Å²) in [4.78, 5) is 0. The summed E-state index contributed by atoms with van der Waals surface area (Å²) in [5, 5.41) is 9.12. The molecule has 0 aliphatic heterocycles. The standard InChI is InChI=1S/C20H44NO/c1-4-7-10-12-17-21(16-9-6-3,19-14-15-20-22)18-13-11-8-5-2/h22H,4-20H2,1-3H3/q+1. The Balaban J connectivity index is 4.49. The van der Waals surface area contributed by atoms with Crippen LogP contribution in [0, 0.1) is 0 Å². The molecule has 0 saturated carbocycles. The predicted molar refractivity (Wildman–Crippen MR) is 99.2 cm³/mol. The van der Waals surface area contributed by atoms with Gasteiger partial charge in [-0.1, -0.05) is 52.9 Å². The van der Waals surface area contributed by atoms with Gasteiger partial charge in [0.15, 0.2) is 0 Å². The molecule has 0 spiro atoms. The summed E-state index contributed by atoms with van der Waals surface area (Å²) >= 11 is 0. The number of hydrogen-bond acceptors (Lipinski definition) is 1. The Bertz CT molecular complexity index is 206. The molecule has 0 rings (SSSR count). The minimum atomic E-state index is 0.361. The lowest BCUT2D eigenvalue weighted by Gasteiger charge is -2.39. The van der Waals surface area contributed by atoms with Gasteiger partial charge in [0.25, 0.3) is 0 Å². The van der Waals surface area contributed by atoms with Crippen LogP contribution in [0.5, 0.6) is 0 Å². The van der Waals surface area contributed by atoms with Gasteiger partial charge in [-0.25, -0.2) is 0 Å². The van der Waals surface area contributed by atoms with E-state index in [-0.39, 0.29) is 0 Å². The van der Waals surface area contributed by atoms with E-state index in [2.05, 4.69) is 20.8 Å². The van der Waals surface area contributed by atoms with Crippen molar-refractivity contribution < 1.29 is 9.59 Å². The lowest BCUT2D eigenvalue weighted by Crippen LogP contribution is -2.50. The lowest BCUT2D eigenvalue weighted by molar-refractivity contribution is -0.929. The SMILES string of the molecule is CCCCCC[N+](CCCC)(CCCCO)CCCCCC. The van der Waals surface area contributed by atoms with E-state index in [1.54, 1.807) is 0 Å². The van der Waals surface area contributed by atoms with Gasteiger partial charge in [-0.05, 0) is 44.9 Å². The van der Waals surface area contributed by atoms with Crippen LogP contribution in [0.2, 0.25) is 0 Å². The van der Waals surface area contributed by atoms with Gasteiger partial charge in [-0.15, -0.1) is 0 Å². The number of unbranched alkanes of at least 4 members (excludes halogenated alkanes) is 8. The van der Waals surface area contributed by atoms with Crippen LogP contribution in [0.1, 0.15) is 97.8 Å². The summed E-state index contributed by atoms with van der Waals surface area (Å²) in [6.45, 7) is 12.7. The first-order valence-corrected chi connectivity index (χ1v) is 10.2. The highest BCUT2D eigenvalue weighted by Crippen LogP contribution is 2.18. The van der Waals surface area contributed by atoms with Gasteiger partial charge in [0.2, 0.25) is 0 Å². The Morgan fingerprint density at radius 3 is 1.32 bits per heavy atom. The molecule has 0 aromatic rings. The van der Waals surface area contributed by atoms with E-state index in [4.69, 9.17) is 5.11 Å². The molecule has 22 heavy (non-hydrogen) atoms. The molecule has 0 aliphatic carbocycles. The monoisotopic (exact) mass is 314 g/mol. The van der Waals surface area contributed by atoms with Crippen LogP contribution in [-0.2, 0) is 0 Å². The summed E-state index contributed by atoms with van der Waals surface area (Å²) in [6.07, 6.45) is 15.9. The molecule has 0 fully saturated rings. The molecule has 0 amide bonds. The molecule has 0 atom stereocenters. The van der Waals surface area contributed by atoms with E-state index >= 15 is 0 Å². The molecule has 0 radical (unpaired) electrons. The molecule has 0 aliphatic rings. The van der Waals surface area contributed by atoms with E-state index < -0.39 is 0 Å². The molecule has 0 saturated heterocycles. The fraction of sp³-hybridized carbons (Fsp3) is 1.00. The second-order valence-electron chi connectivity index (χ2n) is 7.14. The lowest BCUT2D eigenvalue weighted by atomic mass is 10.1. The van der Waals surface area contributed by atoms with Crippen molar-refractivity contribution >= 4 is 0 Å². The highest BCUT2D eigenvalue weighted by molar-refractivity contribution is 4.52. The summed E-state index contributed by atoms with van der Waals surface area (Å²) in [5.41, 5.74) is 0. The highest BCUT2D eigenvalue weighted by Gasteiger charge is 2.25. The van der Waals surface area contributed by atoms with E-state index in [1.807, 2.05) is 0 Å².